The Kier molecular flexibility index (Phi) is 20.0. The lowest BCUT2D eigenvalue weighted by Crippen LogP contribution is -2.23. The third kappa shape index (κ3) is 25.0. The largest absolute Gasteiger partial charge is 0.464 e. The van der Waals surface area contributed by atoms with Crippen molar-refractivity contribution in [2.75, 3.05) is 26.4 Å². The number of rotatable bonds is 21. The van der Waals surface area contributed by atoms with Crippen LogP contribution < -0.4 is 0 Å². The molecule has 0 saturated carbocycles. The zero-order valence-electron chi connectivity index (χ0n) is 21.0. The Bertz CT molecular complexity index is 428. The van der Waals surface area contributed by atoms with E-state index in [0.29, 0.717) is 13.2 Å². The summed E-state index contributed by atoms with van der Waals surface area (Å²) in [6, 6.07) is 0. The van der Waals surface area contributed by atoms with Crippen LogP contribution in [0.2, 0.25) is 0 Å². The van der Waals surface area contributed by atoms with Crippen LogP contribution in [0.4, 0.5) is 0 Å². The van der Waals surface area contributed by atoms with E-state index in [0.717, 1.165) is 12.8 Å². The maximum atomic E-state index is 11.6. The van der Waals surface area contributed by atoms with E-state index in [-0.39, 0.29) is 18.6 Å². The summed E-state index contributed by atoms with van der Waals surface area (Å²) in [7, 11) is 0. The third-order valence-corrected chi connectivity index (χ3v) is 5.12. The number of carbonyl (C=O) groups excluding carboxylic acids is 2. The second-order valence-corrected chi connectivity index (χ2v) is 9.88. The highest BCUT2D eigenvalue weighted by molar-refractivity contribution is 5.73. The van der Waals surface area contributed by atoms with Crippen molar-refractivity contribution < 1.29 is 23.8 Å². The molecule has 0 aliphatic carbocycles. The van der Waals surface area contributed by atoms with E-state index in [1.165, 1.54) is 83.5 Å². The Morgan fingerprint density at radius 1 is 0.581 bits per heavy atom. The molecule has 0 N–H and O–H groups in total. The summed E-state index contributed by atoms with van der Waals surface area (Å²) in [5.41, 5.74) is -0.0815. The van der Waals surface area contributed by atoms with Crippen LogP contribution in [0.25, 0.3) is 0 Å². The topological polar surface area (TPSA) is 61.8 Å². The average Bonchev–Trinajstić information content (AvgIpc) is 2.71. The first-order valence-electron chi connectivity index (χ1n) is 12.7. The van der Waals surface area contributed by atoms with Crippen LogP contribution in [0.1, 0.15) is 124 Å². The summed E-state index contributed by atoms with van der Waals surface area (Å²) in [6.07, 6.45) is 19.7. The van der Waals surface area contributed by atoms with E-state index in [9.17, 15) is 9.59 Å². The van der Waals surface area contributed by atoms with Crippen LogP contribution in [0.15, 0.2) is 0 Å². The minimum absolute atomic E-state index is 0.0815. The molecular formula is C26H50O5. The van der Waals surface area contributed by atoms with Gasteiger partial charge in [-0.1, -0.05) is 118 Å². The molecule has 31 heavy (non-hydrogen) atoms. The van der Waals surface area contributed by atoms with E-state index in [1.54, 1.807) is 0 Å². The third-order valence-electron chi connectivity index (χ3n) is 5.12. The van der Waals surface area contributed by atoms with Gasteiger partial charge in [0.1, 0.15) is 13.2 Å². The highest BCUT2D eigenvalue weighted by Crippen LogP contribution is 2.14. The maximum Gasteiger partial charge on any atom is 0.332 e. The molecule has 0 aliphatic heterocycles. The molecule has 0 aromatic heterocycles. The van der Waals surface area contributed by atoms with E-state index in [4.69, 9.17) is 14.2 Å². The first kappa shape index (κ1) is 29.9. The second kappa shape index (κ2) is 20.8. The SMILES string of the molecule is CCCCCCCCCCCCCCCCCOC(=O)COCC(=O)OCC(C)(C)C. The molecule has 0 unspecified atom stereocenters. The molecule has 184 valence electrons. The minimum atomic E-state index is -0.454. The molecule has 0 radical (unpaired) electrons. The van der Waals surface area contributed by atoms with Crippen LogP contribution in [0, 0.1) is 5.41 Å². The predicted octanol–water partition coefficient (Wildman–Crippen LogP) is 7.01. The van der Waals surface area contributed by atoms with Crippen molar-refractivity contribution in [2.45, 2.75) is 124 Å². The van der Waals surface area contributed by atoms with Crippen LogP contribution in [0.3, 0.4) is 0 Å². The summed E-state index contributed by atoms with van der Waals surface area (Å²) >= 11 is 0. The Morgan fingerprint density at radius 2 is 0.968 bits per heavy atom. The molecule has 0 atom stereocenters. The van der Waals surface area contributed by atoms with Gasteiger partial charge < -0.3 is 14.2 Å². The lowest BCUT2D eigenvalue weighted by atomic mass is 9.99. The van der Waals surface area contributed by atoms with Crippen molar-refractivity contribution in [3.63, 3.8) is 0 Å². The van der Waals surface area contributed by atoms with Crippen molar-refractivity contribution in [2.24, 2.45) is 5.41 Å². The Hall–Kier alpha value is -1.10. The van der Waals surface area contributed by atoms with Gasteiger partial charge in [0, 0.05) is 0 Å². The summed E-state index contributed by atoms with van der Waals surface area (Å²) < 4.78 is 15.3. The fraction of sp³-hybridized carbons (Fsp3) is 0.923. The molecule has 0 rings (SSSR count). The fourth-order valence-electron chi connectivity index (χ4n) is 3.26. The van der Waals surface area contributed by atoms with E-state index >= 15 is 0 Å². The number of hydrogen-bond donors (Lipinski definition) is 0. The van der Waals surface area contributed by atoms with Crippen LogP contribution in [-0.2, 0) is 23.8 Å². The molecule has 0 aromatic carbocycles. The second-order valence-electron chi connectivity index (χ2n) is 9.88. The van der Waals surface area contributed by atoms with E-state index in [1.807, 2.05) is 20.8 Å². The van der Waals surface area contributed by atoms with E-state index in [2.05, 4.69) is 6.92 Å². The van der Waals surface area contributed by atoms with Gasteiger partial charge in [0.05, 0.1) is 13.2 Å². The van der Waals surface area contributed by atoms with Gasteiger partial charge in [-0.3, -0.25) is 0 Å². The van der Waals surface area contributed by atoms with Crippen LogP contribution >= 0.6 is 0 Å². The maximum absolute atomic E-state index is 11.6. The molecular weight excluding hydrogens is 392 g/mol. The van der Waals surface area contributed by atoms with Gasteiger partial charge in [-0.05, 0) is 11.8 Å². The number of hydrogen-bond acceptors (Lipinski definition) is 5. The quantitative estimate of drug-likeness (QED) is 0.141. The highest BCUT2D eigenvalue weighted by atomic mass is 16.6. The van der Waals surface area contributed by atoms with Gasteiger partial charge in [-0.15, -0.1) is 0 Å². The standard InChI is InChI=1S/C26H50O5/c1-5-6-7-8-9-10-11-12-13-14-15-16-17-18-19-20-30-24(27)21-29-22-25(28)31-23-26(2,3)4/h5-23H2,1-4H3. The predicted molar refractivity (Wildman–Crippen MR) is 127 cm³/mol. The summed E-state index contributed by atoms with van der Waals surface area (Å²) in [4.78, 5) is 23.1. The molecule has 0 saturated heterocycles. The number of esters is 2. The van der Waals surface area contributed by atoms with Crippen molar-refractivity contribution in [3.05, 3.63) is 0 Å². The highest BCUT2D eigenvalue weighted by Gasteiger charge is 2.14. The minimum Gasteiger partial charge on any atom is -0.464 e. The van der Waals surface area contributed by atoms with Crippen molar-refractivity contribution in [1.82, 2.24) is 0 Å². The fourth-order valence-corrected chi connectivity index (χ4v) is 3.26. The molecule has 5 nitrogen and oxygen atoms in total. The smallest absolute Gasteiger partial charge is 0.332 e. The van der Waals surface area contributed by atoms with Crippen molar-refractivity contribution >= 4 is 11.9 Å². The number of carbonyl (C=O) groups is 2. The Labute approximate surface area is 192 Å². The number of ether oxygens (including phenoxy) is 3. The average molecular weight is 443 g/mol. The van der Waals surface area contributed by atoms with Gasteiger partial charge in [-0.2, -0.15) is 0 Å². The summed E-state index contributed by atoms with van der Waals surface area (Å²) in [6.45, 7) is 8.55. The van der Waals surface area contributed by atoms with Crippen LogP contribution in [0.5, 0.6) is 0 Å². The summed E-state index contributed by atoms with van der Waals surface area (Å²) in [5.74, 6) is -0.876. The van der Waals surface area contributed by atoms with Crippen LogP contribution in [-0.4, -0.2) is 38.4 Å². The lowest BCUT2D eigenvalue weighted by molar-refractivity contribution is -0.157. The first-order chi connectivity index (χ1) is 14.8. The first-order valence-corrected chi connectivity index (χ1v) is 12.7. The molecule has 0 spiro atoms. The molecule has 0 fully saturated rings. The zero-order chi connectivity index (χ0) is 23.2. The lowest BCUT2D eigenvalue weighted by Gasteiger charge is -2.17. The normalized spacial score (nSPS) is 11.5. The van der Waals surface area contributed by atoms with Gasteiger partial charge >= 0.3 is 11.9 Å². The molecule has 5 heteroatoms. The number of unbranched alkanes of at least 4 members (excludes halogenated alkanes) is 14. The Morgan fingerprint density at radius 3 is 1.39 bits per heavy atom. The summed E-state index contributed by atoms with van der Waals surface area (Å²) in [5, 5.41) is 0. The molecule has 0 bridgehead atoms. The zero-order valence-corrected chi connectivity index (χ0v) is 21.0. The van der Waals surface area contributed by atoms with Gasteiger partial charge in [0.25, 0.3) is 0 Å². The molecule has 0 aliphatic rings. The molecule has 0 heterocycles. The monoisotopic (exact) mass is 442 g/mol. The van der Waals surface area contributed by atoms with E-state index < -0.39 is 11.9 Å². The van der Waals surface area contributed by atoms with Gasteiger partial charge in [0.15, 0.2) is 0 Å². The Balaban J connectivity index is 3.28. The van der Waals surface area contributed by atoms with Crippen molar-refractivity contribution in [1.29, 1.82) is 0 Å². The van der Waals surface area contributed by atoms with Crippen molar-refractivity contribution in [3.8, 4) is 0 Å². The molecule has 0 aromatic rings. The van der Waals surface area contributed by atoms with Gasteiger partial charge in [-0.25, -0.2) is 9.59 Å². The van der Waals surface area contributed by atoms with Gasteiger partial charge in [0.2, 0.25) is 0 Å². The molecule has 0 amide bonds.